The summed E-state index contributed by atoms with van der Waals surface area (Å²) >= 11 is 9.05. The van der Waals surface area contributed by atoms with Crippen molar-refractivity contribution in [2.75, 3.05) is 7.05 Å². The van der Waals surface area contributed by atoms with Gasteiger partial charge in [0.2, 0.25) is 0 Å². The first-order chi connectivity index (χ1) is 10.0. The van der Waals surface area contributed by atoms with E-state index in [9.17, 15) is 4.39 Å². The lowest BCUT2D eigenvalue weighted by atomic mass is 10.0. The molecule has 0 saturated heterocycles. The van der Waals surface area contributed by atoms with Crippen LogP contribution in [0.5, 0.6) is 11.5 Å². The molecule has 0 bridgehead atoms. The predicted octanol–water partition coefficient (Wildman–Crippen LogP) is 5.70. The number of hydrogen-bond acceptors (Lipinski definition) is 2. The van der Waals surface area contributed by atoms with E-state index >= 15 is 0 Å². The minimum Gasteiger partial charge on any atom is -0.456 e. The van der Waals surface area contributed by atoms with Crippen molar-refractivity contribution in [3.63, 3.8) is 0 Å². The topological polar surface area (TPSA) is 21.3 Å². The highest BCUT2D eigenvalue weighted by molar-refractivity contribution is 9.10. The van der Waals surface area contributed by atoms with Gasteiger partial charge in [-0.15, -0.1) is 0 Å². The fourth-order valence-electron chi connectivity index (χ4n) is 2.11. The second-order valence-corrected chi connectivity index (χ2v) is 5.88. The molecule has 0 aliphatic carbocycles. The first kappa shape index (κ1) is 16.3. The lowest BCUT2D eigenvalue weighted by Crippen LogP contribution is -2.14. The van der Waals surface area contributed by atoms with Crippen molar-refractivity contribution in [3.05, 3.63) is 57.3 Å². The third kappa shape index (κ3) is 3.96. The number of rotatable bonds is 5. The predicted molar refractivity (Wildman–Crippen MR) is 87.7 cm³/mol. The number of ether oxygens (including phenoxy) is 1. The van der Waals surface area contributed by atoms with E-state index in [2.05, 4.69) is 28.2 Å². The lowest BCUT2D eigenvalue weighted by molar-refractivity contribution is 0.471. The van der Waals surface area contributed by atoms with Crippen molar-refractivity contribution in [2.24, 2.45) is 0 Å². The zero-order valence-electron chi connectivity index (χ0n) is 11.8. The summed E-state index contributed by atoms with van der Waals surface area (Å²) in [6, 6.07) is 10.8. The fourth-order valence-corrected chi connectivity index (χ4v) is 2.83. The van der Waals surface area contributed by atoms with Gasteiger partial charge in [-0.05, 0) is 53.2 Å². The third-order valence-corrected chi connectivity index (χ3v) is 4.13. The van der Waals surface area contributed by atoms with E-state index in [-0.39, 0.29) is 11.1 Å². The van der Waals surface area contributed by atoms with Gasteiger partial charge in [-0.2, -0.15) is 0 Å². The summed E-state index contributed by atoms with van der Waals surface area (Å²) in [4.78, 5) is 0. The molecule has 0 aromatic heterocycles. The van der Waals surface area contributed by atoms with Crippen LogP contribution in [-0.2, 0) is 0 Å². The van der Waals surface area contributed by atoms with Gasteiger partial charge in [-0.1, -0.05) is 30.7 Å². The molecular formula is C16H16BrClFNO. The molecule has 0 spiro atoms. The van der Waals surface area contributed by atoms with Crippen LogP contribution in [0.25, 0.3) is 0 Å². The average molecular weight is 373 g/mol. The van der Waals surface area contributed by atoms with E-state index in [0.717, 1.165) is 12.0 Å². The highest BCUT2D eigenvalue weighted by atomic mass is 79.9. The highest BCUT2D eigenvalue weighted by Gasteiger charge is 2.11. The normalized spacial score (nSPS) is 12.2. The lowest BCUT2D eigenvalue weighted by Gasteiger charge is -2.16. The summed E-state index contributed by atoms with van der Waals surface area (Å²) in [5.41, 5.74) is 1.13. The standard InChI is InChI=1S/C16H16BrClFNO/c1-3-15(20-2)10-5-4-6-11(7-10)21-16-9-14(19)13(18)8-12(16)17/h4-9,15,20H,3H2,1-2H3. The van der Waals surface area contributed by atoms with E-state index in [1.165, 1.54) is 12.1 Å². The quantitative estimate of drug-likeness (QED) is 0.679. The summed E-state index contributed by atoms with van der Waals surface area (Å²) in [7, 11) is 1.92. The van der Waals surface area contributed by atoms with E-state index in [1.807, 2.05) is 31.3 Å². The fraction of sp³-hybridized carbons (Fsp3) is 0.250. The van der Waals surface area contributed by atoms with E-state index < -0.39 is 5.82 Å². The van der Waals surface area contributed by atoms with Crippen LogP contribution in [0.15, 0.2) is 40.9 Å². The zero-order valence-corrected chi connectivity index (χ0v) is 14.1. The molecule has 2 aromatic carbocycles. The molecule has 0 radical (unpaired) electrons. The van der Waals surface area contributed by atoms with Gasteiger partial charge in [0.1, 0.15) is 17.3 Å². The van der Waals surface area contributed by atoms with Crippen LogP contribution in [0.3, 0.4) is 0 Å². The smallest absolute Gasteiger partial charge is 0.145 e. The minimum absolute atomic E-state index is 0.0594. The highest BCUT2D eigenvalue weighted by Crippen LogP contribution is 2.34. The summed E-state index contributed by atoms with van der Waals surface area (Å²) in [6.07, 6.45) is 0.971. The van der Waals surface area contributed by atoms with Crippen molar-refractivity contribution in [1.29, 1.82) is 0 Å². The van der Waals surface area contributed by atoms with Crippen molar-refractivity contribution >= 4 is 27.5 Å². The summed E-state index contributed by atoms with van der Waals surface area (Å²) in [5.74, 6) is 0.544. The Morgan fingerprint density at radius 1 is 1.33 bits per heavy atom. The Morgan fingerprint density at radius 2 is 2.10 bits per heavy atom. The van der Waals surface area contributed by atoms with Crippen LogP contribution in [0, 0.1) is 5.82 Å². The first-order valence-electron chi connectivity index (χ1n) is 6.64. The second kappa shape index (κ2) is 7.25. The average Bonchev–Trinajstić information content (AvgIpc) is 2.46. The zero-order chi connectivity index (χ0) is 15.4. The third-order valence-electron chi connectivity index (χ3n) is 3.22. The Balaban J connectivity index is 2.28. The number of benzene rings is 2. The summed E-state index contributed by atoms with van der Waals surface area (Å²) in [6.45, 7) is 2.11. The van der Waals surface area contributed by atoms with Crippen LogP contribution >= 0.6 is 27.5 Å². The van der Waals surface area contributed by atoms with Gasteiger partial charge < -0.3 is 10.1 Å². The van der Waals surface area contributed by atoms with E-state index in [4.69, 9.17) is 16.3 Å². The Hall–Kier alpha value is -1.10. The van der Waals surface area contributed by atoms with Crippen LogP contribution < -0.4 is 10.1 Å². The molecule has 2 aromatic rings. The molecule has 1 atom stereocenters. The van der Waals surface area contributed by atoms with Gasteiger partial charge in [0.25, 0.3) is 0 Å². The molecule has 2 nitrogen and oxygen atoms in total. The molecule has 1 N–H and O–H groups in total. The molecule has 2 rings (SSSR count). The second-order valence-electron chi connectivity index (χ2n) is 4.62. The molecule has 1 unspecified atom stereocenters. The van der Waals surface area contributed by atoms with Crippen LogP contribution in [0.4, 0.5) is 4.39 Å². The molecule has 0 fully saturated rings. The van der Waals surface area contributed by atoms with Crippen LogP contribution in [0.2, 0.25) is 5.02 Å². The molecule has 0 aliphatic heterocycles. The molecular weight excluding hydrogens is 357 g/mol. The molecule has 0 saturated carbocycles. The Bertz CT molecular complexity index is 632. The maximum Gasteiger partial charge on any atom is 0.145 e. The maximum atomic E-state index is 13.5. The monoisotopic (exact) mass is 371 g/mol. The van der Waals surface area contributed by atoms with Crippen molar-refractivity contribution in [3.8, 4) is 11.5 Å². The van der Waals surface area contributed by atoms with Gasteiger partial charge in [0, 0.05) is 12.1 Å². The SMILES string of the molecule is CCC(NC)c1cccc(Oc2cc(F)c(Cl)cc2Br)c1. The Labute approximate surface area is 137 Å². The molecule has 21 heavy (non-hydrogen) atoms. The molecule has 0 amide bonds. The van der Waals surface area contributed by atoms with E-state index in [0.29, 0.717) is 16.0 Å². The first-order valence-corrected chi connectivity index (χ1v) is 7.81. The van der Waals surface area contributed by atoms with Crippen molar-refractivity contribution in [1.82, 2.24) is 5.32 Å². The van der Waals surface area contributed by atoms with Crippen molar-refractivity contribution in [2.45, 2.75) is 19.4 Å². The maximum absolute atomic E-state index is 13.5. The molecule has 0 heterocycles. The van der Waals surface area contributed by atoms with Gasteiger partial charge in [0.05, 0.1) is 9.50 Å². The molecule has 0 aliphatic rings. The minimum atomic E-state index is -0.507. The Morgan fingerprint density at radius 3 is 2.76 bits per heavy atom. The molecule has 5 heteroatoms. The summed E-state index contributed by atoms with van der Waals surface area (Å²) in [5, 5.41) is 3.30. The summed E-state index contributed by atoms with van der Waals surface area (Å²) < 4.78 is 19.9. The van der Waals surface area contributed by atoms with Gasteiger partial charge in [0.15, 0.2) is 0 Å². The van der Waals surface area contributed by atoms with Crippen LogP contribution in [0.1, 0.15) is 24.9 Å². The number of nitrogens with one attached hydrogen (secondary N) is 1. The Kier molecular flexibility index (Phi) is 5.62. The van der Waals surface area contributed by atoms with Gasteiger partial charge in [-0.3, -0.25) is 0 Å². The largest absolute Gasteiger partial charge is 0.456 e. The number of hydrogen-bond donors (Lipinski definition) is 1. The van der Waals surface area contributed by atoms with E-state index in [1.54, 1.807) is 0 Å². The van der Waals surface area contributed by atoms with Gasteiger partial charge >= 0.3 is 0 Å². The van der Waals surface area contributed by atoms with Crippen LogP contribution in [-0.4, -0.2) is 7.05 Å². The molecule has 112 valence electrons. The van der Waals surface area contributed by atoms with Gasteiger partial charge in [-0.25, -0.2) is 4.39 Å². The van der Waals surface area contributed by atoms with Crippen molar-refractivity contribution < 1.29 is 9.13 Å². The number of halogens is 3.